The van der Waals surface area contributed by atoms with Gasteiger partial charge in [0.05, 0.1) is 28.9 Å². The summed E-state index contributed by atoms with van der Waals surface area (Å²) in [5.74, 6) is 0.943. The van der Waals surface area contributed by atoms with Crippen LogP contribution in [0.4, 0.5) is 9.93 Å². The minimum absolute atomic E-state index is 0.00472. The quantitative estimate of drug-likeness (QED) is 0.908. The average molecular weight is 344 g/mol. The van der Waals surface area contributed by atoms with Gasteiger partial charge in [-0.1, -0.05) is 18.3 Å². The summed E-state index contributed by atoms with van der Waals surface area (Å²) in [5.41, 5.74) is 2.19. The van der Waals surface area contributed by atoms with Crippen LogP contribution in [-0.2, 0) is 6.42 Å². The van der Waals surface area contributed by atoms with Crippen molar-refractivity contribution < 1.29 is 9.53 Å². The number of benzene rings is 1. The first-order valence-corrected chi connectivity index (χ1v) is 9.43. The van der Waals surface area contributed by atoms with Crippen LogP contribution in [0.5, 0.6) is 5.75 Å². The first-order valence-electron chi connectivity index (χ1n) is 8.62. The van der Waals surface area contributed by atoms with E-state index in [-0.39, 0.29) is 18.1 Å². The smallest absolute Gasteiger partial charge is 0.324 e. The van der Waals surface area contributed by atoms with Crippen molar-refractivity contribution in [3.05, 3.63) is 17.7 Å². The largest absolute Gasteiger partial charge is 0.493 e. The van der Waals surface area contributed by atoms with Gasteiger partial charge in [0.15, 0.2) is 5.13 Å². The van der Waals surface area contributed by atoms with Crippen molar-refractivity contribution in [2.24, 2.45) is 0 Å². The fraction of sp³-hybridized carbons (Fsp3) is 0.529. The normalized spacial score (nSPS) is 26.4. The Balaban J connectivity index is 1.55. The van der Waals surface area contributed by atoms with Crippen molar-refractivity contribution in [2.75, 3.05) is 31.1 Å². The zero-order valence-corrected chi connectivity index (χ0v) is 14.4. The predicted molar refractivity (Wildman–Crippen MR) is 94.1 cm³/mol. The van der Waals surface area contributed by atoms with E-state index < -0.39 is 0 Å². The maximum atomic E-state index is 12.6. The highest BCUT2D eigenvalue weighted by Gasteiger charge is 2.44. The molecule has 3 aliphatic heterocycles. The fourth-order valence-electron chi connectivity index (χ4n) is 4.08. The number of nitrogens with one attached hydrogen (secondary N) is 1. The fourth-order valence-corrected chi connectivity index (χ4v) is 5.13. The molecule has 1 aromatic carbocycles. The number of fused-ring (bicyclic) bond motifs is 4. The lowest BCUT2D eigenvalue weighted by Crippen LogP contribution is -2.51. The van der Waals surface area contributed by atoms with Gasteiger partial charge in [-0.2, -0.15) is 0 Å². The Labute approximate surface area is 144 Å². The number of hydrogen-bond acceptors (Lipinski definition) is 5. The minimum Gasteiger partial charge on any atom is -0.493 e. The number of carbonyl (C=O) groups is 1. The second kappa shape index (κ2) is 5.32. The van der Waals surface area contributed by atoms with Crippen molar-refractivity contribution in [3.8, 4) is 5.75 Å². The monoisotopic (exact) mass is 344 g/mol. The van der Waals surface area contributed by atoms with Gasteiger partial charge in [-0.05, 0) is 25.1 Å². The van der Waals surface area contributed by atoms with Crippen LogP contribution in [0.15, 0.2) is 12.1 Å². The third kappa shape index (κ3) is 2.04. The average Bonchev–Trinajstić information content (AvgIpc) is 3.28. The van der Waals surface area contributed by atoms with Crippen LogP contribution < -0.4 is 15.0 Å². The van der Waals surface area contributed by atoms with Gasteiger partial charge in [-0.25, -0.2) is 9.78 Å². The lowest BCUT2D eigenvalue weighted by atomic mass is 10.0. The Kier molecular flexibility index (Phi) is 3.21. The first kappa shape index (κ1) is 14.5. The molecular formula is C17H20N4O2S. The Bertz CT molecular complexity index is 820. The number of anilines is 1. The van der Waals surface area contributed by atoms with Crippen LogP contribution in [-0.4, -0.2) is 54.2 Å². The highest BCUT2D eigenvalue weighted by Crippen LogP contribution is 2.39. The van der Waals surface area contributed by atoms with Crippen molar-refractivity contribution in [1.29, 1.82) is 0 Å². The molecule has 0 bridgehead atoms. The Morgan fingerprint density at radius 3 is 3.25 bits per heavy atom. The predicted octanol–water partition coefficient (Wildman–Crippen LogP) is 2.22. The number of nitrogens with zero attached hydrogens (tertiary/aromatic N) is 3. The molecule has 0 saturated carbocycles. The molecule has 2 aromatic rings. The van der Waals surface area contributed by atoms with E-state index in [1.54, 1.807) is 11.3 Å². The van der Waals surface area contributed by atoms with Gasteiger partial charge in [-0.15, -0.1) is 0 Å². The van der Waals surface area contributed by atoms with Crippen LogP contribution in [0, 0.1) is 0 Å². The number of likely N-dealkylation sites (N-methyl/N-ethyl adjacent to an activating group) is 1. The minimum atomic E-state index is -0.00472. The van der Waals surface area contributed by atoms with Crippen LogP contribution >= 0.6 is 11.3 Å². The molecule has 0 aliphatic carbocycles. The molecule has 7 heteroatoms. The van der Waals surface area contributed by atoms with Gasteiger partial charge in [0, 0.05) is 25.1 Å². The number of rotatable bonds is 2. The molecule has 5 rings (SSSR count). The molecule has 126 valence electrons. The molecule has 2 saturated heterocycles. The van der Waals surface area contributed by atoms with Gasteiger partial charge in [0.1, 0.15) is 5.75 Å². The molecular weight excluding hydrogens is 324 g/mol. The second-order valence-electron chi connectivity index (χ2n) is 6.66. The van der Waals surface area contributed by atoms with E-state index in [1.165, 1.54) is 5.56 Å². The first-order chi connectivity index (χ1) is 11.7. The second-order valence-corrected chi connectivity index (χ2v) is 7.67. The Morgan fingerprint density at radius 1 is 1.46 bits per heavy atom. The summed E-state index contributed by atoms with van der Waals surface area (Å²) in [6.45, 7) is 5.89. The highest BCUT2D eigenvalue weighted by molar-refractivity contribution is 7.22. The number of thiazole rings is 1. The van der Waals surface area contributed by atoms with E-state index in [1.807, 2.05) is 11.0 Å². The number of ether oxygens (including phenoxy) is 1. The van der Waals surface area contributed by atoms with E-state index in [0.717, 1.165) is 60.2 Å². The summed E-state index contributed by atoms with van der Waals surface area (Å²) in [7, 11) is 0. The standard InChI is InChI=1S/C17H20N4O2S/c1-2-20-7-5-11-12(9-20)21(16(22)18-11)17-19-15-10-6-8-23-13(10)3-4-14(15)24-17/h3-4,11-12H,2,5-9H2,1H3,(H,18,22)/t11-,12+/m0/s1. The summed E-state index contributed by atoms with van der Waals surface area (Å²) in [6, 6.07) is 4.50. The van der Waals surface area contributed by atoms with Gasteiger partial charge in [-0.3, -0.25) is 4.90 Å². The summed E-state index contributed by atoms with van der Waals surface area (Å²) in [4.78, 5) is 21.7. The number of carbonyl (C=O) groups excluding carboxylic acids is 1. The maximum Gasteiger partial charge on any atom is 0.324 e. The zero-order valence-electron chi connectivity index (χ0n) is 13.6. The van der Waals surface area contributed by atoms with Crippen LogP contribution in [0.1, 0.15) is 18.9 Å². The number of aromatic nitrogens is 1. The third-order valence-electron chi connectivity index (χ3n) is 5.40. The lowest BCUT2D eigenvalue weighted by molar-refractivity contribution is 0.204. The summed E-state index contributed by atoms with van der Waals surface area (Å²) >= 11 is 1.61. The molecule has 1 aromatic heterocycles. The molecule has 2 amide bonds. The molecule has 6 nitrogen and oxygen atoms in total. The molecule has 0 radical (unpaired) electrons. The van der Waals surface area contributed by atoms with Crippen molar-refractivity contribution in [3.63, 3.8) is 0 Å². The number of likely N-dealkylation sites (tertiary alicyclic amines) is 1. The van der Waals surface area contributed by atoms with Crippen molar-refractivity contribution >= 4 is 32.7 Å². The van der Waals surface area contributed by atoms with Gasteiger partial charge < -0.3 is 15.0 Å². The summed E-state index contributed by atoms with van der Waals surface area (Å²) in [5, 5.41) is 3.96. The maximum absolute atomic E-state index is 12.6. The van der Waals surface area contributed by atoms with E-state index in [0.29, 0.717) is 0 Å². The number of hydrogen-bond donors (Lipinski definition) is 1. The molecule has 3 aliphatic rings. The SMILES string of the molecule is CCN1CC[C@@H]2NC(=O)N(c3nc4c5c(ccc4s3)OCC5)[C@@H]2C1. The van der Waals surface area contributed by atoms with E-state index in [9.17, 15) is 4.79 Å². The Morgan fingerprint density at radius 2 is 2.38 bits per heavy atom. The van der Waals surface area contributed by atoms with Gasteiger partial charge >= 0.3 is 6.03 Å². The molecule has 4 heterocycles. The zero-order chi connectivity index (χ0) is 16.3. The number of amides is 2. The molecule has 24 heavy (non-hydrogen) atoms. The summed E-state index contributed by atoms with van der Waals surface area (Å²) < 4.78 is 6.77. The topological polar surface area (TPSA) is 57.7 Å². The molecule has 0 unspecified atom stereocenters. The highest BCUT2D eigenvalue weighted by atomic mass is 32.1. The van der Waals surface area contributed by atoms with Crippen LogP contribution in [0.25, 0.3) is 10.2 Å². The Hall–Kier alpha value is -1.86. The lowest BCUT2D eigenvalue weighted by Gasteiger charge is -2.35. The van der Waals surface area contributed by atoms with E-state index >= 15 is 0 Å². The molecule has 1 N–H and O–H groups in total. The molecule has 2 atom stereocenters. The van der Waals surface area contributed by atoms with Crippen molar-refractivity contribution in [2.45, 2.75) is 31.8 Å². The van der Waals surface area contributed by atoms with Crippen LogP contribution in [0.2, 0.25) is 0 Å². The van der Waals surface area contributed by atoms with E-state index in [2.05, 4.69) is 23.2 Å². The third-order valence-corrected chi connectivity index (χ3v) is 6.42. The molecule has 2 fully saturated rings. The van der Waals surface area contributed by atoms with Gasteiger partial charge in [0.25, 0.3) is 0 Å². The van der Waals surface area contributed by atoms with Gasteiger partial charge in [0.2, 0.25) is 0 Å². The van der Waals surface area contributed by atoms with Crippen molar-refractivity contribution in [1.82, 2.24) is 15.2 Å². The van der Waals surface area contributed by atoms with Crippen LogP contribution in [0.3, 0.4) is 0 Å². The molecule has 0 spiro atoms. The summed E-state index contributed by atoms with van der Waals surface area (Å²) in [6.07, 6.45) is 1.91. The number of urea groups is 1. The number of piperidine rings is 1. The van der Waals surface area contributed by atoms with E-state index in [4.69, 9.17) is 9.72 Å².